The summed E-state index contributed by atoms with van der Waals surface area (Å²) in [5.41, 5.74) is 4.57. The van der Waals surface area contributed by atoms with Crippen molar-refractivity contribution in [3.63, 3.8) is 0 Å². The summed E-state index contributed by atoms with van der Waals surface area (Å²) in [6.45, 7) is 9.65. The molecule has 2 N–H and O–H groups in total. The summed E-state index contributed by atoms with van der Waals surface area (Å²) in [5.74, 6) is 1.14. The van der Waals surface area contributed by atoms with Crippen LogP contribution in [-0.4, -0.2) is 31.8 Å². The minimum atomic E-state index is -0.293. The minimum absolute atomic E-state index is 0. The minimum Gasteiger partial charge on any atom is -0.357 e. The topological polar surface area (TPSA) is 72.1 Å². The molecular weight excluding hydrogens is 496 g/mol. The normalized spacial score (nSPS) is 11.3. The van der Waals surface area contributed by atoms with E-state index in [4.69, 9.17) is 0 Å². The predicted molar refractivity (Wildman–Crippen MR) is 128 cm³/mol. The molecular formula is C21H29FIN7. The summed E-state index contributed by atoms with van der Waals surface area (Å²) in [5, 5.41) is 11.0. The van der Waals surface area contributed by atoms with Gasteiger partial charge >= 0.3 is 0 Å². The van der Waals surface area contributed by atoms with Crippen molar-refractivity contribution in [3.8, 4) is 5.69 Å². The van der Waals surface area contributed by atoms with Gasteiger partial charge in [-0.1, -0.05) is 6.07 Å². The van der Waals surface area contributed by atoms with Crippen LogP contribution in [-0.2, 0) is 20.1 Å². The Morgan fingerprint density at radius 1 is 1.20 bits per heavy atom. The van der Waals surface area contributed by atoms with E-state index in [-0.39, 0.29) is 29.8 Å². The van der Waals surface area contributed by atoms with E-state index in [2.05, 4.69) is 25.7 Å². The number of halogens is 2. The lowest BCUT2D eigenvalue weighted by atomic mass is 10.2. The molecule has 0 amide bonds. The monoisotopic (exact) mass is 525 g/mol. The highest BCUT2D eigenvalue weighted by molar-refractivity contribution is 14.0. The highest BCUT2D eigenvalue weighted by Gasteiger charge is 2.10. The second-order valence-corrected chi connectivity index (χ2v) is 6.95. The molecule has 3 aromatic rings. The average Bonchev–Trinajstić information content (AvgIpc) is 3.21. The van der Waals surface area contributed by atoms with Gasteiger partial charge in [-0.2, -0.15) is 5.10 Å². The predicted octanol–water partition coefficient (Wildman–Crippen LogP) is 3.54. The number of imidazole rings is 1. The van der Waals surface area contributed by atoms with Crippen LogP contribution in [0.1, 0.15) is 35.3 Å². The van der Waals surface area contributed by atoms with Gasteiger partial charge in [0.1, 0.15) is 11.6 Å². The average molecular weight is 525 g/mol. The molecule has 0 aliphatic rings. The zero-order valence-corrected chi connectivity index (χ0v) is 20.4. The lowest BCUT2D eigenvalue weighted by Gasteiger charge is -2.12. The first kappa shape index (κ1) is 23.8. The van der Waals surface area contributed by atoms with Gasteiger partial charge in [-0.25, -0.2) is 14.4 Å². The van der Waals surface area contributed by atoms with Crippen LogP contribution in [0.3, 0.4) is 0 Å². The SMILES string of the molecule is CCNC(=NCc1ccc(-n2ccnc2C)c(F)c1)NCc1c(C)nn(C)c1C.I. The van der Waals surface area contributed by atoms with Crippen molar-refractivity contribution in [2.45, 2.75) is 40.8 Å². The second kappa shape index (κ2) is 10.6. The lowest BCUT2D eigenvalue weighted by molar-refractivity contribution is 0.614. The van der Waals surface area contributed by atoms with Crippen molar-refractivity contribution in [2.75, 3.05) is 6.54 Å². The van der Waals surface area contributed by atoms with Crippen molar-refractivity contribution < 1.29 is 4.39 Å². The number of aryl methyl sites for hydroxylation is 3. The quantitative estimate of drug-likeness (QED) is 0.294. The zero-order chi connectivity index (χ0) is 21.0. The van der Waals surface area contributed by atoms with Crippen LogP contribution in [0.4, 0.5) is 4.39 Å². The number of aromatic nitrogens is 4. The van der Waals surface area contributed by atoms with Crippen molar-refractivity contribution >= 4 is 29.9 Å². The first-order valence-corrected chi connectivity index (χ1v) is 9.70. The van der Waals surface area contributed by atoms with Gasteiger partial charge in [0.15, 0.2) is 5.96 Å². The van der Waals surface area contributed by atoms with E-state index >= 15 is 0 Å². The van der Waals surface area contributed by atoms with Crippen molar-refractivity contribution in [3.05, 3.63) is 64.7 Å². The lowest BCUT2D eigenvalue weighted by Crippen LogP contribution is -2.37. The number of aliphatic imine (C=N–C) groups is 1. The molecule has 0 atom stereocenters. The fraction of sp³-hybridized carbons (Fsp3) is 0.381. The molecule has 0 unspecified atom stereocenters. The van der Waals surface area contributed by atoms with E-state index in [0.717, 1.165) is 34.9 Å². The van der Waals surface area contributed by atoms with Crippen LogP contribution >= 0.6 is 24.0 Å². The van der Waals surface area contributed by atoms with Crippen LogP contribution in [0.2, 0.25) is 0 Å². The Bertz CT molecular complexity index is 1020. The Balaban J connectivity index is 0.00000320. The molecule has 3 rings (SSSR count). The van der Waals surface area contributed by atoms with Gasteiger partial charge in [0.05, 0.1) is 17.9 Å². The van der Waals surface area contributed by atoms with E-state index in [0.29, 0.717) is 24.7 Å². The molecule has 0 aliphatic carbocycles. The molecule has 9 heteroatoms. The third-order valence-electron chi connectivity index (χ3n) is 4.95. The van der Waals surface area contributed by atoms with Gasteiger partial charge in [0.2, 0.25) is 0 Å². The van der Waals surface area contributed by atoms with Crippen LogP contribution in [0.25, 0.3) is 5.69 Å². The molecule has 2 aromatic heterocycles. The molecule has 0 aliphatic heterocycles. The summed E-state index contributed by atoms with van der Waals surface area (Å²) in [6, 6.07) is 5.18. The maximum atomic E-state index is 14.6. The molecule has 0 radical (unpaired) electrons. The van der Waals surface area contributed by atoms with Crippen LogP contribution in [0, 0.1) is 26.6 Å². The Hall–Kier alpha value is -2.43. The Kier molecular flexibility index (Phi) is 8.39. The Labute approximate surface area is 193 Å². The summed E-state index contributed by atoms with van der Waals surface area (Å²) >= 11 is 0. The van der Waals surface area contributed by atoms with Crippen molar-refractivity contribution in [2.24, 2.45) is 12.0 Å². The highest BCUT2D eigenvalue weighted by Crippen LogP contribution is 2.17. The maximum Gasteiger partial charge on any atom is 0.191 e. The molecule has 162 valence electrons. The molecule has 1 aromatic carbocycles. The molecule has 0 bridgehead atoms. The molecule has 0 fully saturated rings. The van der Waals surface area contributed by atoms with Gasteiger partial charge in [-0.3, -0.25) is 4.68 Å². The number of nitrogens with one attached hydrogen (secondary N) is 2. The van der Waals surface area contributed by atoms with Gasteiger partial charge in [0, 0.05) is 43.8 Å². The summed E-state index contributed by atoms with van der Waals surface area (Å²) < 4.78 is 18.2. The maximum absolute atomic E-state index is 14.6. The van der Waals surface area contributed by atoms with E-state index < -0.39 is 0 Å². The molecule has 0 saturated heterocycles. The molecule has 2 heterocycles. The van der Waals surface area contributed by atoms with E-state index in [1.165, 1.54) is 6.07 Å². The van der Waals surface area contributed by atoms with Gasteiger partial charge in [0.25, 0.3) is 0 Å². The van der Waals surface area contributed by atoms with Crippen LogP contribution in [0.5, 0.6) is 0 Å². The van der Waals surface area contributed by atoms with E-state index in [1.54, 1.807) is 23.0 Å². The van der Waals surface area contributed by atoms with Gasteiger partial charge in [-0.05, 0) is 45.4 Å². The largest absolute Gasteiger partial charge is 0.357 e. The summed E-state index contributed by atoms with van der Waals surface area (Å²) in [4.78, 5) is 8.75. The fourth-order valence-electron chi connectivity index (χ4n) is 3.23. The molecule has 0 spiro atoms. The number of benzene rings is 1. The second-order valence-electron chi connectivity index (χ2n) is 6.95. The van der Waals surface area contributed by atoms with Gasteiger partial charge < -0.3 is 15.2 Å². The number of hydrogen-bond donors (Lipinski definition) is 2. The Morgan fingerprint density at radius 2 is 1.97 bits per heavy atom. The smallest absolute Gasteiger partial charge is 0.191 e. The van der Waals surface area contributed by atoms with Crippen LogP contribution < -0.4 is 10.6 Å². The number of guanidine groups is 1. The zero-order valence-electron chi connectivity index (χ0n) is 18.0. The first-order chi connectivity index (χ1) is 13.9. The molecule has 30 heavy (non-hydrogen) atoms. The third kappa shape index (κ3) is 5.38. The molecule has 0 saturated carbocycles. The summed E-state index contributed by atoms with van der Waals surface area (Å²) in [7, 11) is 1.94. The third-order valence-corrected chi connectivity index (χ3v) is 4.95. The Morgan fingerprint density at radius 3 is 2.53 bits per heavy atom. The number of hydrogen-bond acceptors (Lipinski definition) is 3. The highest BCUT2D eigenvalue weighted by atomic mass is 127. The summed E-state index contributed by atoms with van der Waals surface area (Å²) in [6.07, 6.45) is 3.41. The van der Waals surface area contributed by atoms with Gasteiger partial charge in [-0.15, -0.1) is 24.0 Å². The van der Waals surface area contributed by atoms with E-state index in [1.807, 2.05) is 45.5 Å². The standard InChI is InChI=1S/C21H28FN7.HI/c1-6-23-21(26-13-18-14(2)27-28(5)15(18)3)25-12-17-7-8-20(19(22)11-17)29-10-9-24-16(29)4;/h7-11H,6,12-13H2,1-5H3,(H2,23,25,26);1H. The number of rotatable bonds is 6. The first-order valence-electron chi connectivity index (χ1n) is 9.70. The molecule has 7 nitrogen and oxygen atoms in total. The van der Waals surface area contributed by atoms with Crippen molar-refractivity contribution in [1.29, 1.82) is 0 Å². The van der Waals surface area contributed by atoms with Crippen LogP contribution in [0.15, 0.2) is 35.6 Å². The van der Waals surface area contributed by atoms with E-state index in [9.17, 15) is 4.39 Å². The fourth-order valence-corrected chi connectivity index (χ4v) is 3.23. The number of nitrogens with zero attached hydrogens (tertiary/aromatic N) is 5. The van der Waals surface area contributed by atoms with Crippen molar-refractivity contribution in [1.82, 2.24) is 30.0 Å².